The Bertz CT molecular complexity index is 818. The van der Waals surface area contributed by atoms with Crippen LogP contribution in [-0.4, -0.2) is 28.4 Å². The summed E-state index contributed by atoms with van der Waals surface area (Å²) in [4.78, 5) is 37.6. The average molecular weight is 357 g/mol. The van der Waals surface area contributed by atoms with Crippen molar-refractivity contribution in [3.63, 3.8) is 0 Å². The number of thiophene rings is 1. The summed E-state index contributed by atoms with van der Waals surface area (Å²) in [6, 6.07) is 11.0. The van der Waals surface area contributed by atoms with Gasteiger partial charge in [-0.3, -0.25) is 15.0 Å². The van der Waals surface area contributed by atoms with E-state index in [-0.39, 0.29) is 0 Å². The Morgan fingerprint density at radius 3 is 2.60 bits per heavy atom. The Morgan fingerprint density at radius 1 is 1.24 bits per heavy atom. The third-order valence-electron chi connectivity index (χ3n) is 4.30. The van der Waals surface area contributed by atoms with Crippen LogP contribution < -0.4 is 10.7 Å². The topological polar surface area (TPSA) is 78.5 Å². The Morgan fingerprint density at radius 2 is 1.96 bits per heavy atom. The fourth-order valence-corrected chi connectivity index (χ4v) is 3.57. The summed E-state index contributed by atoms with van der Waals surface area (Å²) in [5, 5.41) is 5.27. The summed E-state index contributed by atoms with van der Waals surface area (Å²) in [6.45, 7) is 3.49. The van der Waals surface area contributed by atoms with Crippen LogP contribution in [0.4, 0.5) is 4.79 Å². The lowest BCUT2D eigenvalue weighted by Crippen LogP contribution is -2.48. The Hall–Kier alpha value is -2.67. The predicted molar refractivity (Wildman–Crippen MR) is 95.1 cm³/mol. The minimum atomic E-state index is -1.04. The Labute approximate surface area is 149 Å². The van der Waals surface area contributed by atoms with Crippen LogP contribution in [0.25, 0.3) is 0 Å². The van der Waals surface area contributed by atoms with E-state index in [0.717, 1.165) is 16.1 Å². The van der Waals surface area contributed by atoms with Gasteiger partial charge in [0.1, 0.15) is 5.54 Å². The fraction of sp³-hybridized carbons (Fsp3) is 0.278. The molecule has 4 amide bonds. The average Bonchev–Trinajstić information content (AvgIpc) is 3.11. The van der Waals surface area contributed by atoms with E-state index in [9.17, 15) is 14.4 Å². The highest BCUT2D eigenvalue weighted by Crippen LogP contribution is 2.23. The second-order valence-electron chi connectivity index (χ2n) is 6.26. The summed E-state index contributed by atoms with van der Waals surface area (Å²) < 4.78 is 0. The zero-order valence-electron chi connectivity index (χ0n) is 14.0. The number of amides is 4. The number of imide groups is 1. The van der Waals surface area contributed by atoms with Gasteiger partial charge in [0.2, 0.25) is 0 Å². The van der Waals surface area contributed by atoms with Gasteiger partial charge in [0.25, 0.3) is 11.8 Å². The molecule has 1 saturated heterocycles. The van der Waals surface area contributed by atoms with Crippen LogP contribution in [-0.2, 0) is 11.2 Å². The number of hydrogen-bond acceptors (Lipinski definition) is 4. The smallest absolute Gasteiger partial charge is 0.322 e. The molecule has 6 nitrogen and oxygen atoms in total. The lowest BCUT2D eigenvalue weighted by molar-refractivity contribution is -0.132. The van der Waals surface area contributed by atoms with E-state index in [1.165, 1.54) is 11.3 Å². The van der Waals surface area contributed by atoms with Crippen molar-refractivity contribution in [1.82, 2.24) is 15.8 Å². The van der Waals surface area contributed by atoms with Crippen molar-refractivity contribution in [1.29, 1.82) is 0 Å². The van der Waals surface area contributed by atoms with Crippen LogP contribution >= 0.6 is 11.3 Å². The molecule has 2 N–H and O–H groups in total. The van der Waals surface area contributed by atoms with Gasteiger partial charge in [-0.2, -0.15) is 5.01 Å². The second kappa shape index (κ2) is 6.68. The first-order valence-corrected chi connectivity index (χ1v) is 8.84. The SMILES string of the molecule is Cc1ccsc1C(=O)NN1C(=O)N[C@](C)(CCc2ccccc2)C1=O. The third-order valence-corrected chi connectivity index (χ3v) is 5.31. The summed E-state index contributed by atoms with van der Waals surface area (Å²) in [6.07, 6.45) is 1.10. The van der Waals surface area contributed by atoms with Gasteiger partial charge >= 0.3 is 6.03 Å². The highest BCUT2D eigenvalue weighted by atomic mass is 32.1. The number of hydrogen-bond donors (Lipinski definition) is 2. The molecule has 7 heteroatoms. The van der Waals surface area contributed by atoms with E-state index < -0.39 is 23.4 Å². The number of nitrogens with one attached hydrogen (secondary N) is 2. The normalized spacial score (nSPS) is 19.8. The molecule has 1 aromatic heterocycles. The molecule has 0 unspecified atom stereocenters. The highest BCUT2D eigenvalue weighted by molar-refractivity contribution is 7.12. The molecule has 0 saturated carbocycles. The van der Waals surface area contributed by atoms with E-state index in [1.807, 2.05) is 36.4 Å². The standard InChI is InChI=1S/C18H19N3O3S/c1-12-9-11-25-14(12)15(22)20-21-16(23)18(2,19-17(21)24)10-8-13-6-4-3-5-7-13/h3-7,9,11H,8,10H2,1-2H3,(H,19,24)(H,20,22)/t18-/m1/s1. The van der Waals surface area contributed by atoms with Crippen LogP contribution in [0.15, 0.2) is 41.8 Å². The van der Waals surface area contributed by atoms with Crippen molar-refractivity contribution in [2.45, 2.75) is 32.2 Å². The van der Waals surface area contributed by atoms with Crippen LogP contribution in [0.5, 0.6) is 0 Å². The van der Waals surface area contributed by atoms with E-state index >= 15 is 0 Å². The zero-order valence-corrected chi connectivity index (χ0v) is 14.9. The van der Waals surface area contributed by atoms with Crippen molar-refractivity contribution < 1.29 is 14.4 Å². The van der Waals surface area contributed by atoms with Crippen molar-refractivity contribution in [3.8, 4) is 0 Å². The first kappa shape index (κ1) is 17.2. The van der Waals surface area contributed by atoms with Gasteiger partial charge in [-0.15, -0.1) is 11.3 Å². The van der Waals surface area contributed by atoms with E-state index in [0.29, 0.717) is 17.7 Å². The van der Waals surface area contributed by atoms with E-state index in [4.69, 9.17) is 0 Å². The molecule has 25 heavy (non-hydrogen) atoms. The number of aryl methyl sites for hydroxylation is 2. The number of carbonyl (C=O) groups excluding carboxylic acids is 3. The molecule has 0 bridgehead atoms. The largest absolute Gasteiger partial charge is 0.344 e. The Kier molecular flexibility index (Phi) is 4.59. The Balaban J connectivity index is 1.69. The van der Waals surface area contributed by atoms with Gasteiger partial charge < -0.3 is 5.32 Å². The second-order valence-corrected chi connectivity index (χ2v) is 7.18. The summed E-state index contributed by atoms with van der Waals surface area (Å²) in [5.41, 5.74) is 3.27. The number of nitrogens with zero attached hydrogens (tertiary/aromatic N) is 1. The minimum absolute atomic E-state index is 0.448. The molecule has 0 spiro atoms. The zero-order chi connectivity index (χ0) is 18.0. The van der Waals surface area contributed by atoms with Gasteiger partial charge in [-0.25, -0.2) is 4.79 Å². The van der Waals surface area contributed by atoms with Crippen LogP contribution in [0.3, 0.4) is 0 Å². The molecule has 1 fully saturated rings. The van der Waals surface area contributed by atoms with Gasteiger partial charge in [0.05, 0.1) is 4.88 Å². The predicted octanol–water partition coefficient (Wildman–Crippen LogP) is 2.64. The maximum absolute atomic E-state index is 12.7. The van der Waals surface area contributed by atoms with Gasteiger partial charge in [-0.1, -0.05) is 30.3 Å². The number of rotatable bonds is 5. The van der Waals surface area contributed by atoms with Crippen LogP contribution in [0.2, 0.25) is 0 Å². The summed E-state index contributed by atoms with van der Waals surface area (Å²) in [7, 11) is 0. The first-order chi connectivity index (χ1) is 11.9. The first-order valence-electron chi connectivity index (χ1n) is 7.96. The highest BCUT2D eigenvalue weighted by Gasteiger charge is 2.48. The number of hydrazine groups is 1. The fourth-order valence-electron chi connectivity index (χ4n) is 2.75. The molecule has 1 atom stereocenters. The lowest BCUT2D eigenvalue weighted by atomic mass is 9.93. The molecular formula is C18H19N3O3S. The maximum Gasteiger partial charge on any atom is 0.344 e. The lowest BCUT2D eigenvalue weighted by Gasteiger charge is -2.21. The van der Waals surface area contributed by atoms with Crippen molar-refractivity contribution in [3.05, 3.63) is 57.8 Å². The summed E-state index contributed by atoms with van der Waals surface area (Å²) >= 11 is 1.27. The van der Waals surface area contributed by atoms with Crippen LogP contribution in [0, 0.1) is 6.92 Å². The van der Waals surface area contributed by atoms with E-state index in [2.05, 4.69) is 10.7 Å². The molecular weight excluding hydrogens is 338 g/mol. The van der Waals surface area contributed by atoms with Gasteiger partial charge in [0, 0.05) is 0 Å². The third kappa shape index (κ3) is 3.41. The molecule has 130 valence electrons. The number of benzene rings is 1. The van der Waals surface area contributed by atoms with E-state index in [1.54, 1.807) is 19.2 Å². The molecule has 1 aliphatic heterocycles. The quantitative estimate of drug-likeness (QED) is 0.808. The molecule has 1 aliphatic rings. The van der Waals surface area contributed by atoms with Crippen molar-refractivity contribution in [2.24, 2.45) is 0 Å². The number of urea groups is 1. The number of carbonyl (C=O) groups is 3. The molecule has 3 rings (SSSR count). The van der Waals surface area contributed by atoms with Gasteiger partial charge in [0.15, 0.2) is 0 Å². The summed E-state index contributed by atoms with van der Waals surface area (Å²) in [5.74, 6) is -0.903. The monoisotopic (exact) mass is 357 g/mol. The molecule has 0 aliphatic carbocycles. The minimum Gasteiger partial charge on any atom is -0.322 e. The molecule has 0 radical (unpaired) electrons. The van der Waals surface area contributed by atoms with Crippen molar-refractivity contribution >= 4 is 29.2 Å². The van der Waals surface area contributed by atoms with Crippen LogP contribution in [0.1, 0.15) is 34.1 Å². The molecule has 2 heterocycles. The van der Waals surface area contributed by atoms with Crippen molar-refractivity contribution in [2.75, 3.05) is 0 Å². The van der Waals surface area contributed by atoms with Gasteiger partial charge in [-0.05, 0) is 49.3 Å². The molecule has 1 aromatic carbocycles. The maximum atomic E-state index is 12.7. The molecule has 2 aromatic rings.